The number of fused-ring (bicyclic) bond motifs is 1. The molecule has 0 N–H and O–H groups in total. The van der Waals surface area contributed by atoms with Crippen molar-refractivity contribution in [3.05, 3.63) is 36.0 Å². The molecule has 0 radical (unpaired) electrons. The number of ether oxygens (including phenoxy) is 1. The highest BCUT2D eigenvalue weighted by molar-refractivity contribution is 7.91. The van der Waals surface area contributed by atoms with E-state index in [1.807, 2.05) is 0 Å². The molecule has 0 aliphatic carbocycles. The van der Waals surface area contributed by atoms with Gasteiger partial charge in [-0.2, -0.15) is 13.2 Å². The lowest BCUT2D eigenvalue weighted by atomic mass is 10.2. The van der Waals surface area contributed by atoms with E-state index in [0.717, 1.165) is 30.5 Å². The van der Waals surface area contributed by atoms with Crippen molar-refractivity contribution in [2.75, 3.05) is 12.4 Å². The van der Waals surface area contributed by atoms with Gasteiger partial charge < -0.3 is 9.15 Å². The van der Waals surface area contributed by atoms with E-state index in [-0.39, 0.29) is 45.5 Å². The fraction of sp³-hybridized carbons (Fsp3) is 0.278. The van der Waals surface area contributed by atoms with Gasteiger partial charge in [0.05, 0.1) is 27.7 Å². The second-order valence-corrected chi connectivity index (χ2v) is 9.78. The number of carbonyl (C=O) groups is 1. The third-order valence-electron chi connectivity index (χ3n) is 4.06. The Balaban J connectivity index is 2.15. The lowest BCUT2D eigenvalue weighted by molar-refractivity contribution is -0.0384. The number of aromatic nitrogens is 2. The Hall–Kier alpha value is -2.80. The Bertz CT molecular complexity index is 1290. The van der Waals surface area contributed by atoms with Gasteiger partial charge in [-0.05, 0) is 31.2 Å². The van der Waals surface area contributed by atoms with E-state index in [9.17, 15) is 30.6 Å². The minimum atomic E-state index is -4.95. The van der Waals surface area contributed by atoms with Gasteiger partial charge in [0.25, 0.3) is 0 Å². The summed E-state index contributed by atoms with van der Waals surface area (Å²) in [4.78, 5) is 19.1. The number of oxazole rings is 1. The van der Waals surface area contributed by atoms with Crippen molar-refractivity contribution in [3.8, 4) is 11.6 Å². The second kappa shape index (κ2) is 8.38. The minimum absolute atomic E-state index is 0.0361. The average molecular weight is 476 g/mol. The highest BCUT2D eigenvalue weighted by Gasteiger charge is 2.38. The van der Waals surface area contributed by atoms with Crippen LogP contribution < -0.4 is 0 Å². The van der Waals surface area contributed by atoms with Crippen LogP contribution in [0, 0.1) is 0 Å². The summed E-state index contributed by atoms with van der Waals surface area (Å²) in [5.41, 5.74) is -5.30. The summed E-state index contributed by atoms with van der Waals surface area (Å²) >= 11 is 0. The monoisotopic (exact) mass is 476 g/mol. The maximum atomic E-state index is 12.7. The topological polar surface area (TPSA) is 116 Å². The fourth-order valence-corrected chi connectivity index (χ4v) is 4.31. The third kappa shape index (κ3) is 4.61. The number of alkyl halides is 3. The van der Waals surface area contributed by atoms with E-state index in [2.05, 4.69) is 9.97 Å². The molecular formula is C18H15F3N2O6S2. The SMILES string of the molecule is CCOC(=O)c1cnc(-c2nc3cc(S(=O)C(F)(F)F)ccc3o2)c(S(=O)(=O)CC)c1. The Kier molecular flexibility index (Phi) is 6.18. The number of pyridine rings is 1. The Morgan fingerprint density at radius 2 is 1.94 bits per heavy atom. The maximum absolute atomic E-state index is 12.7. The summed E-state index contributed by atoms with van der Waals surface area (Å²) < 4.78 is 85.2. The summed E-state index contributed by atoms with van der Waals surface area (Å²) in [6, 6.07) is 4.14. The highest BCUT2D eigenvalue weighted by atomic mass is 32.2. The van der Waals surface area contributed by atoms with Gasteiger partial charge in [-0.25, -0.2) is 27.4 Å². The quantitative estimate of drug-likeness (QED) is 0.497. The molecule has 0 saturated heterocycles. The maximum Gasteiger partial charge on any atom is 0.475 e. The number of benzene rings is 1. The Morgan fingerprint density at radius 1 is 1.23 bits per heavy atom. The van der Waals surface area contributed by atoms with Crippen LogP contribution in [0.15, 0.2) is 44.7 Å². The number of halogens is 3. The number of hydrogen-bond acceptors (Lipinski definition) is 8. The van der Waals surface area contributed by atoms with Crippen LogP contribution in [0.3, 0.4) is 0 Å². The van der Waals surface area contributed by atoms with Crippen LogP contribution in [-0.4, -0.2) is 46.4 Å². The molecule has 0 aliphatic rings. The first kappa shape index (κ1) is 22.9. The number of carbonyl (C=O) groups excluding carboxylic acids is 1. The van der Waals surface area contributed by atoms with Gasteiger partial charge >= 0.3 is 11.5 Å². The van der Waals surface area contributed by atoms with Gasteiger partial charge in [0.1, 0.15) is 11.2 Å². The molecule has 0 amide bonds. The van der Waals surface area contributed by atoms with Crippen LogP contribution in [0.2, 0.25) is 0 Å². The van der Waals surface area contributed by atoms with E-state index < -0.39 is 37.0 Å². The Morgan fingerprint density at radius 3 is 2.55 bits per heavy atom. The molecule has 1 aromatic carbocycles. The van der Waals surface area contributed by atoms with Gasteiger partial charge in [-0.15, -0.1) is 0 Å². The summed E-state index contributed by atoms with van der Waals surface area (Å²) in [6.45, 7) is 3.05. The van der Waals surface area contributed by atoms with Crippen molar-refractivity contribution in [1.29, 1.82) is 0 Å². The normalized spacial score (nSPS) is 13.3. The first-order valence-corrected chi connectivity index (χ1v) is 11.6. The summed E-state index contributed by atoms with van der Waals surface area (Å²) in [7, 11) is -7.16. The third-order valence-corrected chi connectivity index (χ3v) is 6.91. The zero-order valence-corrected chi connectivity index (χ0v) is 17.7. The predicted octanol–water partition coefficient (Wildman–Crippen LogP) is 3.49. The summed E-state index contributed by atoms with van der Waals surface area (Å²) in [5, 5.41) is 0. The van der Waals surface area contributed by atoms with E-state index in [0.29, 0.717) is 0 Å². The molecule has 0 spiro atoms. The van der Waals surface area contributed by atoms with Crippen molar-refractivity contribution >= 4 is 37.7 Å². The lowest BCUT2D eigenvalue weighted by Gasteiger charge is -2.08. The zero-order chi connectivity index (χ0) is 23.0. The van der Waals surface area contributed by atoms with Crippen LogP contribution in [0.25, 0.3) is 22.7 Å². The van der Waals surface area contributed by atoms with Crippen molar-refractivity contribution < 1.29 is 39.7 Å². The molecule has 13 heteroatoms. The molecule has 31 heavy (non-hydrogen) atoms. The van der Waals surface area contributed by atoms with E-state index in [1.54, 1.807) is 6.92 Å². The summed E-state index contributed by atoms with van der Waals surface area (Å²) in [6.07, 6.45) is 1.08. The molecule has 1 atom stereocenters. The first-order valence-electron chi connectivity index (χ1n) is 8.77. The van der Waals surface area contributed by atoms with E-state index >= 15 is 0 Å². The predicted molar refractivity (Wildman–Crippen MR) is 103 cm³/mol. The van der Waals surface area contributed by atoms with Gasteiger partial charge in [-0.3, -0.25) is 0 Å². The van der Waals surface area contributed by atoms with E-state index in [1.165, 1.54) is 6.92 Å². The highest BCUT2D eigenvalue weighted by Crippen LogP contribution is 2.32. The van der Waals surface area contributed by atoms with Crippen LogP contribution in [0.5, 0.6) is 0 Å². The van der Waals surface area contributed by atoms with Crippen molar-refractivity contribution in [1.82, 2.24) is 9.97 Å². The van der Waals surface area contributed by atoms with Crippen LogP contribution >= 0.6 is 0 Å². The molecule has 3 rings (SSSR count). The Labute approximate surface area is 176 Å². The molecule has 3 aromatic rings. The summed E-state index contributed by atoms with van der Waals surface area (Å²) in [5.74, 6) is -1.37. The van der Waals surface area contributed by atoms with Crippen LogP contribution in [-0.2, 0) is 25.4 Å². The van der Waals surface area contributed by atoms with Gasteiger partial charge in [0, 0.05) is 6.20 Å². The van der Waals surface area contributed by atoms with Gasteiger partial charge in [0.2, 0.25) is 5.89 Å². The molecule has 8 nitrogen and oxygen atoms in total. The number of nitrogens with zero attached hydrogens (tertiary/aromatic N) is 2. The zero-order valence-electron chi connectivity index (χ0n) is 16.1. The molecule has 2 aromatic heterocycles. The molecule has 0 saturated carbocycles. The van der Waals surface area contributed by atoms with Crippen LogP contribution in [0.1, 0.15) is 24.2 Å². The second-order valence-electron chi connectivity index (χ2n) is 6.06. The minimum Gasteiger partial charge on any atom is -0.462 e. The lowest BCUT2D eigenvalue weighted by Crippen LogP contribution is -2.16. The van der Waals surface area contributed by atoms with Gasteiger partial charge in [-0.1, -0.05) is 6.92 Å². The number of esters is 1. The van der Waals surface area contributed by atoms with Crippen molar-refractivity contribution in [2.45, 2.75) is 29.1 Å². The fourth-order valence-electron chi connectivity index (χ4n) is 2.58. The number of sulfone groups is 1. The molecular weight excluding hydrogens is 461 g/mol. The number of hydrogen-bond donors (Lipinski definition) is 0. The number of rotatable bonds is 6. The van der Waals surface area contributed by atoms with Crippen LogP contribution in [0.4, 0.5) is 13.2 Å². The molecule has 0 bridgehead atoms. The largest absolute Gasteiger partial charge is 0.475 e. The average Bonchev–Trinajstić information content (AvgIpc) is 3.15. The molecule has 2 heterocycles. The van der Waals surface area contributed by atoms with Crippen molar-refractivity contribution in [3.63, 3.8) is 0 Å². The van der Waals surface area contributed by atoms with Gasteiger partial charge in [0.15, 0.2) is 26.2 Å². The molecule has 0 aliphatic heterocycles. The first-order chi connectivity index (χ1) is 14.5. The molecule has 1 unspecified atom stereocenters. The smallest absolute Gasteiger partial charge is 0.462 e. The van der Waals surface area contributed by atoms with Crippen molar-refractivity contribution in [2.24, 2.45) is 0 Å². The standard InChI is InChI=1S/C18H15F3N2O6S2/c1-3-28-17(24)10-7-14(31(26,27)4-2)15(22-9-10)16-23-12-8-11(5-6-13(12)29-16)30(25)18(19,20)21/h5-9H,3-4H2,1-2H3. The molecule has 0 fully saturated rings. The molecule has 166 valence electrons. The van der Waals surface area contributed by atoms with E-state index in [4.69, 9.17) is 9.15 Å².